The fourth-order valence-corrected chi connectivity index (χ4v) is 5.14. The molecule has 1 aliphatic rings. The number of hydrogen-bond donors (Lipinski definition) is 0. The van der Waals surface area contributed by atoms with Crippen molar-refractivity contribution in [3.8, 4) is 22.3 Å². The van der Waals surface area contributed by atoms with Gasteiger partial charge >= 0.3 is 0 Å². The first-order valence-corrected chi connectivity index (χ1v) is 9.45. The molecule has 120 valence electrons. The summed E-state index contributed by atoms with van der Waals surface area (Å²) in [7, 11) is 0. The van der Waals surface area contributed by atoms with Crippen LogP contribution in [0.3, 0.4) is 0 Å². The van der Waals surface area contributed by atoms with Gasteiger partial charge in [0.2, 0.25) is 0 Å². The van der Waals surface area contributed by atoms with Crippen LogP contribution in [0.5, 0.6) is 0 Å². The van der Waals surface area contributed by atoms with Gasteiger partial charge in [-0.2, -0.15) is 0 Å². The minimum Gasteiger partial charge on any atom is -0.0888 e. The Balaban J connectivity index is 1.94. The lowest BCUT2D eigenvalue weighted by Gasteiger charge is -2.23. The Morgan fingerprint density at radius 3 is 2.16 bits per heavy atom. The summed E-state index contributed by atoms with van der Waals surface area (Å²) in [5.74, 6) is 0. The van der Waals surface area contributed by atoms with E-state index < -0.39 is 0 Å². The molecule has 0 saturated heterocycles. The van der Waals surface area contributed by atoms with Gasteiger partial charge in [0.05, 0.1) is 0 Å². The van der Waals surface area contributed by atoms with Gasteiger partial charge in [-0.1, -0.05) is 72.4 Å². The highest BCUT2D eigenvalue weighted by atomic mass is 32.2. The summed E-state index contributed by atoms with van der Waals surface area (Å²) >= 11 is 1.89. The molecule has 25 heavy (non-hydrogen) atoms. The van der Waals surface area contributed by atoms with Gasteiger partial charge < -0.3 is 0 Å². The first-order chi connectivity index (χ1) is 12.2. The summed E-state index contributed by atoms with van der Waals surface area (Å²) in [5, 5.41) is 2.76. The Morgan fingerprint density at radius 1 is 0.600 bits per heavy atom. The van der Waals surface area contributed by atoms with E-state index in [1.54, 1.807) is 0 Å². The monoisotopic (exact) mass is 338 g/mol. The van der Waals surface area contributed by atoms with Gasteiger partial charge in [0.15, 0.2) is 0 Å². The number of hydrogen-bond acceptors (Lipinski definition) is 1. The molecule has 1 aliphatic heterocycles. The van der Waals surface area contributed by atoms with Gasteiger partial charge in [-0.05, 0) is 64.7 Å². The third-order valence-electron chi connectivity index (χ3n) is 5.13. The number of rotatable bonds is 1. The summed E-state index contributed by atoms with van der Waals surface area (Å²) in [6.45, 7) is 4.45. The van der Waals surface area contributed by atoms with Crippen LogP contribution in [0, 0.1) is 13.8 Å². The molecule has 0 bridgehead atoms. The van der Waals surface area contributed by atoms with E-state index in [0.717, 1.165) is 0 Å². The quantitative estimate of drug-likeness (QED) is 0.310. The second-order valence-electron chi connectivity index (χ2n) is 6.71. The zero-order chi connectivity index (χ0) is 17.0. The lowest BCUT2D eigenvalue weighted by molar-refractivity contribution is 1.37. The lowest BCUT2D eigenvalue weighted by Crippen LogP contribution is -1.97. The molecule has 1 heterocycles. The predicted molar refractivity (Wildman–Crippen MR) is 108 cm³/mol. The summed E-state index contributed by atoms with van der Waals surface area (Å²) in [6, 6.07) is 26.6. The SMILES string of the molecule is Cc1ccccc1-c1c(C)cc2c3c(cccc13)Sc1ccccc1-2. The smallest absolute Gasteiger partial charge is 0.0207 e. The fourth-order valence-electron chi connectivity index (χ4n) is 4.00. The van der Waals surface area contributed by atoms with Crippen molar-refractivity contribution in [2.24, 2.45) is 0 Å². The van der Waals surface area contributed by atoms with Crippen molar-refractivity contribution in [3.63, 3.8) is 0 Å². The molecule has 0 N–H and O–H groups in total. The minimum atomic E-state index is 1.33. The second-order valence-corrected chi connectivity index (χ2v) is 7.79. The summed E-state index contributed by atoms with van der Waals surface area (Å²) in [5.41, 5.74) is 8.11. The third kappa shape index (κ3) is 2.16. The molecule has 0 nitrogen and oxygen atoms in total. The molecular formula is C24H18S. The van der Waals surface area contributed by atoms with Crippen LogP contribution in [-0.2, 0) is 0 Å². The highest BCUT2D eigenvalue weighted by molar-refractivity contribution is 7.99. The van der Waals surface area contributed by atoms with E-state index in [-0.39, 0.29) is 0 Å². The Morgan fingerprint density at radius 2 is 1.32 bits per heavy atom. The number of benzene rings is 4. The maximum Gasteiger partial charge on any atom is 0.0207 e. The molecule has 0 amide bonds. The summed E-state index contributed by atoms with van der Waals surface area (Å²) in [4.78, 5) is 2.71. The normalized spacial score (nSPS) is 12.2. The minimum absolute atomic E-state index is 1.33. The van der Waals surface area contributed by atoms with Crippen LogP contribution in [0.1, 0.15) is 11.1 Å². The average molecular weight is 338 g/mol. The Labute approximate surface area is 152 Å². The van der Waals surface area contributed by atoms with Crippen molar-refractivity contribution in [2.75, 3.05) is 0 Å². The molecule has 0 unspecified atom stereocenters. The molecule has 0 saturated carbocycles. The molecule has 0 fully saturated rings. The molecule has 0 atom stereocenters. The maximum absolute atomic E-state index is 2.38. The van der Waals surface area contributed by atoms with Crippen LogP contribution >= 0.6 is 11.8 Å². The van der Waals surface area contributed by atoms with Gasteiger partial charge in [0, 0.05) is 15.2 Å². The fraction of sp³-hybridized carbons (Fsp3) is 0.0833. The van der Waals surface area contributed by atoms with Gasteiger partial charge in [-0.3, -0.25) is 0 Å². The Kier molecular flexibility index (Phi) is 3.26. The average Bonchev–Trinajstić information content (AvgIpc) is 2.63. The summed E-state index contributed by atoms with van der Waals surface area (Å²) < 4.78 is 0. The number of aryl methyl sites for hydroxylation is 2. The van der Waals surface area contributed by atoms with Crippen molar-refractivity contribution in [1.82, 2.24) is 0 Å². The first kappa shape index (κ1) is 14.8. The van der Waals surface area contributed by atoms with Crippen molar-refractivity contribution >= 4 is 22.5 Å². The van der Waals surface area contributed by atoms with E-state index >= 15 is 0 Å². The van der Waals surface area contributed by atoms with Crippen molar-refractivity contribution in [3.05, 3.63) is 83.9 Å². The Bertz CT molecular complexity index is 1140. The second kappa shape index (κ2) is 5.50. The molecule has 0 aliphatic carbocycles. The van der Waals surface area contributed by atoms with Gasteiger partial charge in [0.25, 0.3) is 0 Å². The molecule has 0 radical (unpaired) electrons. The van der Waals surface area contributed by atoms with Crippen LogP contribution in [0.15, 0.2) is 82.6 Å². The van der Waals surface area contributed by atoms with Crippen molar-refractivity contribution in [1.29, 1.82) is 0 Å². The predicted octanol–water partition coefficient (Wildman–Crippen LogP) is 7.26. The first-order valence-electron chi connectivity index (χ1n) is 8.63. The zero-order valence-corrected chi connectivity index (χ0v) is 15.2. The zero-order valence-electron chi connectivity index (χ0n) is 14.3. The van der Waals surface area contributed by atoms with Gasteiger partial charge in [-0.25, -0.2) is 0 Å². The van der Waals surface area contributed by atoms with Gasteiger partial charge in [0.1, 0.15) is 0 Å². The maximum atomic E-state index is 2.38. The molecule has 4 aromatic rings. The summed E-state index contributed by atoms with van der Waals surface area (Å²) in [6.07, 6.45) is 0. The van der Waals surface area contributed by atoms with Crippen LogP contribution in [-0.4, -0.2) is 0 Å². The highest BCUT2D eigenvalue weighted by Gasteiger charge is 2.22. The molecule has 0 spiro atoms. The molecule has 1 heteroatoms. The van der Waals surface area contributed by atoms with Crippen molar-refractivity contribution < 1.29 is 0 Å². The van der Waals surface area contributed by atoms with E-state index in [0.29, 0.717) is 0 Å². The van der Waals surface area contributed by atoms with E-state index in [9.17, 15) is 0 Å². The van der Waals surface area contributed by atoms with Crippen LogP contribution in [0.2, 0.25) is 0 Å². The molecule has 4 aromatic carbocycles. The molecule has 0 aromatic heterocycles. The standard InChI is InChI=1S/C24H18S/c1-15-8-3-4-9-17(15)23-16(2)14-20-18-10-5-6-12-21(18)25-22-13-7-11-19(23)24(20)22/h3-14H,1-2H3. The van der Waals surface area contributed by atoms with Crippen LogP contribution < -0.4 is 0 Å². The van der Waals surface area contributed by atoms with E-state index in [1.807, 2.05) is 11.8 Å². The van der Waals surface area contributed by atoms with Crippen LogP contribution in [0.25, 0.3) is 33.0 Å². The highest BCUT2D eigenvalue weighted by Crippen LogP contribution is 2.50. The largest absolute Gasteiger partial charge is 0.0888 e. The van der Waals surface area contributed by atoms with E-state index in [1.165, 1.54) is 53.9 Å². The lowest BCUT2D eigenvalue weighted by atomic mass is 9.87. The number of fused-ring (bicyclic) bond motifs is 2. The van der Waals surface area contributed by atoms with Crippen LogP contribution in [0.4, 0.5) is 0 Å². The Hall–Kier alpha value is -2.51. The van der Waals surface area contributed by atoms with E-state index in [2.05, 4.69) is 86.6 Å². The topological polar surface area (TPSA) is 0 Å². The molecular weight excluding hydrogens is 320 g/mol. The molecule has 5 rings (SSSR count). The third-order valence-corrected chi connectivity index (χ3v) is 6.27. The van der Waals surface area contributed by atoms with Gasteiger partial charge in [-0.15, -0.1) is 0 Å². The van der Waals surface area contributed by atoms with E-state index in [4.69, 9.17) is 0 Å². The van der Waals surface area contributed by atoms with Crippen molar-refractivity contribution in [2.45, 2.75) is 23.6 Å².